The predicted octanol–water partition coefficient (Wildman–Crippen LogP) is 7.51. The summed E-state index contributed by atoms with van der Waals surface area (Å²) in [5.74, 6) is -3.54. The Balaban J connectivity index is 1.99. The van der Waals surface area contributed by atoms with E-state index in [0.29, 0.717) is 16.7 Å². The van der Waals surface area contributed by atoms with E-state index in [1.807, 2.05) is 30.3 Å². The van der Waals surface area contributed by atoms with Gasteiger partial charge in [0.2, 0.25) is 0 Å². The Bertz CT molecular complexity index is 1260. The van der Waals surface area contributed by atoms with Crippen LogP contribution in [0.15, 0.2) is 102 Å². The highest BCUT2D eigenvalue weighted by molar-refractivity contribution is 5.94. The smallest absolute Gasteiger partial charge is 0.270 e. The molecule has 3 aromatic carbocycles. The molecule has 0 aliphatic rings. The minimum atomic E-state index is -3.09. The summed E-state index contributed by atoms with van der Waals surface area (Å²) in [6, 6.07) is 23.8. The van der Waals surface area contributed by atoms with Crippen molar-refractivity contribution in [1.29, 1.82) is 0 Å². The van der Waals surface area contributed by atoms with Gasteiger partial charge in [-0.25, -0.2) is 13.2 Å². The number of amides is 1. The maximum Gasteiger partial charge on any atom is 0.270 e. The van der Waals surface area contributed by atoms with E-state index >= 15 is 4.39 Å². The molecule has 6 heteroatoms. The van der Waals surface area contributed by atoms with Crippen molar-refractivity contribution in [3.05, 3.63) is 131 Å². The molecule has 0 radical (unpaired) electrons. The zero-order valence-corrected chi connectivity index (χ0v) is 20.4. The zero-order valence-electron chi connectivity index (χ0n) is 20.4. The molecular formula is C30H28F3NO2. The third-order valence-electron chi connectivity index (χ3n) is 6.33. The Hall–Kier alpha value is -3.80. The van der Waals surface area contributed by atoms with Crippen LogP contribution in [0.5, 0.6) is 0 Å². The molecule has 1 amide bonds. The van der Waals surface area contributed by atoms with Crippen molar-refractivity contribution < 1.29 is 22.4 Å². The van der Waals surface area contributed by atoms with Gasteiger partial charge < -0.3 is 9.73 Å². The van der Waals surface area contributed by atoms with E-state index in [9.17, 15) is 13.6 Å². The van der Waals surface area contributed by atoms with Crippen molar-refractivity contribution in [3.63, 3.8) is 0 Å². The summed E-state index contributed by atoms with van der Waals surface area (Å²) in [4.78, 5) is 13.4. The number of carbonyl (C=O) groups is 1. The second-order valence-corrected chi connectivity index (χ2v) is 9.56. The second kappa shape index (κ2) is 9.69. The largest absolute Gasteiger partial charge is 0.472 e. The van der Waals surface area contributed by atoms with Gasteiger partial charge >= 0.3 is 0 Å². The fourth-order valence-corrected chi connectivity index (χ4v) is 4.33. The van der Waals surface area contributed by atoms with Gasteiger partial charge in [-0.05, 0) is 54.3 Å². The van der Waals surface area contributed by atoms with Crippen LogP contribution < -0.4 is 5.32 Å². The molecule has 186 valence electrons. The van der Waals surface area contributed by atoms with Gasteiger partial charge in [-0.2, -0.15) is 0 Å². The maximum absolute atomic E-state index is 15.0. The second-order valence-electron chi connectivity index (χ2n) is 9.56. The number of carbonyl (C=O) groups excluding carboxylic acids is 1. The van der Waals surface area contributed by atoms with Crippen molar-refractivity contribution in [2.24, 2.45) is 0 Å². The van der Waals surface area contributed by atoms with E-state index in [0.717, 1.165) is 12.5 Å². The number of hydrogen-bond donors (Lipinski definition) is 1. The quantitative estimate of drug-likeness (QED) is 0.277. The van der Waals surface area contributed by atoms with E-state index in [-0.39, 0.29) is 17.5 Å². The molecular weight excluding hydrogens is 463 g/mol. The minimum Gasteiger partial charge on any atom is -0.472 e. The normalized spacial score (nSPS) is 13.7. The summed E-state index contributed by atoms with van der Waals surface area (Å²) >= 11 is 0. The summed E-state index contributed by atoms with van der Waals surface area (Å²) < 4.78 is 48.9. The van der Waals surface area contributed by atoms with E-state index < -0.39 is 23.0 Å². The van der Waals surface area contributed by atoms with Crippen LogP contribution in [0, 0.1) is 0 Å². The molecule has 1 N–H and O–H groups in total. The van der Waals surface area contributed by atoms with Crippen molar-refractivity contribution in [2.45, 2.75) is 44.3 Å². The number of hydrogen-bond acceptors (Lipinski definition) is 2. The molecule has 0 saturated heterocycles. The number of rotatable bonds is 8. The lowest BCUT2D eigenvalue weighted by atomic mass is 9.76. The van der Waals surface area contributed by atoms with Gasteiger partial charge in [0.25, 0.3) is 11.8 Å². The standard InChI is InChI=1S/C30H28F3NO2/c1-28(2,31)23-11-7-13-25(17-23)30(19-21-9-5-4-6-10-21,34-27(35)22-15-16-36-20-22)26-14-8-12-24(18-26)29(3,32)33/h4-18,20H,19H2,1-3H3,(H,34,35). The summed E-state index contributed by atoms with van der Waals surface area (Å²) in [6.45, 7) is 3.74. The van der Waals surface area contributed by atoms with Gasteiger partial charge in [0.1, 0.15) is 11.9 Å². The highest BCUT2D eigenvalue weighted by atomic mass is 19.3. The van der Waals surface area contributed by atoms with Crippen molar-refractivity contribution in [2.75, 3.05) is 0 Å². The lowest BCUT2D eigenvalue weighted by molar-refractivity contribution is 0.0173. The van der Waals surface area contributed by atoms with Crippen LogP contribution in [0.4, 0.5) is 13.2 Å². The van der Waals surface area contributed by atoms with Crippen LogP contribution in [0.2, 0.25) is 0 Å². The lowest BCUT2D eigenvalue weighted by Gasteiger charge is -2.37. The molecule has 36 heavy (non-hydrogen) atoms. The topological polar surface area (TPSA) is 42.2 Å². The molecule has 1 unspecified atom stereocenters. The van der Waals surface area contributed by atoms with E-state index in [4.69, 9.17) is 4.42 Å². The van der Waals surface area contributed by atoms with Crippen LogP contribution in [0.3, 0.4) is 0 Å². The average molecular weight is 492 g/mol. The van der Waals surface area contributed by atoms with Gasteiger partial charge in [-0.15, -0.1) is 0 Å². The van der Waals surface area contributed by atoms with Crippen LogP contribution in [-0.2, 0) is 23.6 Å². The summed E-state index contributed by atoms with van der Waals surface area (Å²) in [5, 5.41) is 3.11. The van der Waals surface area contributed by atoms with Crippen LogP contribution in [0.1, 0.15) is 58.9 Å². The van der Waals surface area contributed by atoms with Crippen LogP contribution in [0.25, 0.3) is 0 Å². The van der Waals surface area contributed by atoms with Crippen molar-refractivity contribution >= 4 is 5.91 Å². The molecule has 0 spiro atoms. The SMILES string of the molecule is CC(C)(F)c1cccc(C(Cc2ccccc2)(NC(=O)c2ccoc2)c2cccc(C(C)(F)F)c2)c1. The Kier molecular flexibility index (Phi) is 6.81. The Labute approximate surface area is 209 Å². The molecule has 1 heterocycles. The highest BCUT2D eigenvalue weighted by Crippen LogP contribution is 2.39. The van der Waals surface area contributed by atoms with E-state index in [1.54, 1.807) is 36.4 Å². The van der Waals surface area contributed by atoms with Gasteiger partial charge in [-0.3, -0.25) is 4.79 Å². The number of halogens is 3. The first kappa shape index (κ1) is 25.3. The number of alkyl halides is 3. The molecule has 4 aromatic rings. The Morgan fingerprint density at radius 1 is 0.778 bits per heavy atom. The molecule has 0 aliphatic heterocycles. The summed E-state index contributed by atoms with van der Waals surface area (Å²) in [6.07, 6.45) is 2.95. The first-order valence-corrected chi connectivity index (χ1v) is 11.7. The Morgan fingerprint density at radius 2 is 1.36 bits per heavy atom. The van der Waals surface area contributed by atoms with Crippen molar-refractivity contribution in [3.8, 4) is 0 Å². The number of nitrogens with one attached hydrogen (secondary N) is 1. The maximum atomic E-state index is 15.0. The first-order valence-electron chi connectivity index (χ1n) is 11.7. The van der Waals surface area contributed by atoms with Gasteiger partial charge in [0.05, 0.1) is 17.4 Å². The molecule has 0 saturated carbocycles. The molecule has 0 fully saturated rings. The number of benzene rings is 3. The molecule has 0 bridgehead atoms. The fourth-order valence-electron chi connectivity index (χ4n) is 4.33. The van der Waals surface area contributed by atoms with Gasteiger partial charge in [0, 0.05) is 18.9 Å². The van der Waals surface area contributed by atoms with Crippen LogP contribution in [-0.4, -0.2) is 5.91 Å². The van der Waals surface area contributed by atoms with E-state index in [2.05, 4.69) is 5.32 Å². The predicted molar refractivity (Wildman–Crippen MR) is 134 cm³/mol. The lowest BCUT2D eigenvalue weighted by Crippen LogP contribution is -2.48. The van der Waals surface area contributed by atoms with Crippen molar-refractivity contribution in [1.82, 2.24) is 5.32 Å². The fraction of sp³-hybridized carbons (Fsp3) is 0.233. The minimum absolute atomic E-state index is 0.183. The van der Waals surface area contributed by atoms with Crippen LogP contribution >= 0.6 is 0 Å². The third-order valence-corrected chi connectivity index (χ3v) is 6.33. The molecule has 4 rings (SSSR count). The molecule has 0 aliphatic carbocycles. The molecule has 3 nitrogen and oxygen atoms in total. The third kappa shape index (κ3) is 5.38. The summed E-state index contributed by atoms with van der Waals surface area (Å²) in [7, 11) is 0. The monoisotopic (exact) mass is 491 g/mol. The molecule has 1 aromatic heterocycles. The molecule has 1 atom stereocenters. The highest BCUT2D eigenvalue weighted by Gasteiger charge is 2.39. The zero-order chi connectivity index (χ0) is 26.0. The Morgan fingerprint density at radius 3 is 1.92 bits per heavy atom. The average Bonchev–Trinajstić information content (AvgIpc) is 3.39. The van der Waals surface area contributed by atoms with Gasteiger partial charge in [-0.1, -0.05) is 66.7 Å². The summed E-state index contributed by atoms with van der Waals surface area (Å²) in [5.41, 5.74) is -0.544. The van der Waals surface area contributed by atoms with Gasteiger partial charge in [0.15, 0.2) is 0 Å². The first-order chi connectivity index (χ1) is 17.0. The van der Waals surface area contributed by atoms with E-state index in [1.165, 1.54) is 44.6 Å². The number of furan rings is 1.